The van der Waals surface area contributed by atoms with E-state index in [2.05, 4.69) is 5.32 Å². The average Bonchev–Trinajstić information content (AvgIpc) is 3.35. The number of piperidine rings is 1. The van der Waals surface area contributed by atoms with Crippen LogP contribution < -0.4 is 10.1 Å². The van der Waals surface area contributed by atoms with E-state index in [0.29, 0.717) is 49.4 Å². The fourth-order valence-corrected chi connectivity index (χ4v) is 5.28. The third-order valence-electron chi connectivity index (χ3n) is 7.56. The molecule has 2 fully saturated rings. The molecule has 5 rings (SSSR count). The molecule has 2 heterocycles. The van der Waals surface area contributed by atoms with Crippen LogP contribution in [0, 0.1) is 6.92 Å². The molecule has 0 saturated carbocycles. The number of rotatable bonds is 6. The number of methoxy groups -OCH3 is 1. The van der Waals surface area contributed by atoms with Crippen molar-refractivity contribution in [1.29, 1.82) is 0 Å². The summed E-state index contributed by atoms with van der Waals surface area (Å²) in [5, 5.41) is 2.98. The maximum Gasteiger partial charge on any atom is 0.256 e. The zero-order valence-corrected chi connectivity index (χ0v) is 22.3. The molecule has 1 spiro atoms. The highest BCUT2D eigenvalue weighted by molar-refractivity contribution is 5.98. The molecule has 1 N–H and O–H groups in total. The molecule has 8 nitrogen and oxygen atoms in total. The lowest BCUT2D eigenvalue weighted by atomic mass is 9.96. The molecule has 8 heteroatoms. The largest absolute Gasteiger partial charge is 0.497 e. The predicted molar refractivity (Wildman–Crippen MR) is 146 cm³/mol. The van der Waals surface area contributed by atoms with Crippen molar-refractivity contribution < 1.29 is 23.9 Å². The first-order valence-electron chi connectivity index (χ1n) is 13.2. The van der Waals surface area contributed by atoms with Crippen molar-refractivity contribution in [2.45, 2.75) is 38.1 Å². The van der Waals surface area contributed by atoms with Crippen molar-refractivity contribution in [3.63, 3.8) is 0 Å². The van der Waals surface area contributed by atoms with E-state index in [1.54, 1.807) is 53.3 Å². The van der Waals surface area contributed by atoms with Gasteiger partial charge in [0.1, 0.15) is 17.5 Å². The first-order valence-corrected chi connectivity index (χ1v) is 13.2. The minimum atomic E-state index is -0.965. The highest BCUT2D eigenvalue weighted by atomic mass is 16.5. The molecule has 1 unspecified atom stereocenters. The second kappa shape index (κ2) is 11.3. The van der Waals surface area contributed by atoms with Crippen molar-refractivity contribution in [3.05, 3.63) is 101 Å². The van der Waals surface area contributed by atoms with Gasteiger partial charge in [-0.1, -0.05) is 48.0 Å². The van der Waals surface area contributed by atoms with E-state index in [9.17, 15) is 14.4 Å². The molecule has 2 aliphatic heterocycles. The molecule has 0 aromatic heterocycles. The lowest BCUT2D eigenvalue weighted by Crippen LogP contribution is -2.59. The Morgan fingerprint density at radius 1 is 0.897 bits per heavy atom. The molecule has 0 radical (unpaired) electrons. The Balaban J connectivity index is 1.34. The van der Waals surface area contributed by atoms with Gasteiger partial charge in [-0.25, -0.2) is 0 Å². The van der Waals surface area contributed by atoms with E-state index in [1.165, 1.54) is 0 Å². The van der Waals surface area contributed by atoms with Crippen LogP contribution in [0.15, 0.2) is 78.9 Å². The summed E-state index contributed by atoms with van der Waals surface area (Å²) in [5.74, 6) is 0.0969. The Kier molecular flexibility index (Phi) is 7.65. The molecule has 0 aliphatic carbocycles. The van der Waals surface area contributed by atoms with Gasteiger partial charge >= 0.3 is 0 Å². The van der Waals surface area contributed by atoms with E-state index < -0.39 is 11.8 Å². The van der Waals surface area contributed by atoms with E-state index in [-0.39, 0.29) is 24.3 Å². The average molecular weight is 528 g/mol. The number of amides is 3. The van der Waals surface area contributed by atoms with Gasteiger partial charge in [-0.3, -0.25) is 19.3 Å². The zero-order chi connectivity index (χ0) is 27.4. The van der Waals surface area contributed by atoms with Gasteiger partial charge in [0.15, 0.2) is 0 Å². The van der Waals surface area contributed by atoms with Crippen LogP contribution in [0.2, 0.25) is 0 Å². The van der Waals surface area contributed by atoms with Gasteiger partial charge in [0.05, 0.1) is 13.7 Å². The van der Waals surface area contributed by atoms with Crippen molar-refractivity contribution >= 4 is 17.7 Å². The Morgan fingerprint density at radius 2 is 1.51 bits per heavy atom. The number of nitrogens with zero attached hydrogens (tertiary/aromatic N) is 2. The lowest BCUT2D eigenvalue weighted by Gasteiger charge is -2.44. The second-order valence-corrected chi connectivity index (χ2v) is 10.0. The summed E-state index contributed by atoms with van der Waals surface area (Å²) in [7, 11) is 1.58. The van der Waals surface area contributed by atoms with Gasteiger partial charge in [0, 0.05) is 43.6 Å². The number of hydrogen-bond acceptors (Lipinski definition) is 5. The number of likely N-dealkylation sites (tertiary alicyclic amines) is 1. The molecule has 202 valence electrons. The minimum Gasteiger partial charge on any atom is -0.497 e. The van der Waals surface area contributed by atoms with Crippen molar-refractivity contribution in [2.75, 3.05) is 26.8 Å². The molecule has 3 amide bonds. The SMILES string of the molecule is COc1ccc(C(=O)N2CCC3(CC2)OCC(C(=O)NCc2ccccc2)N3C(=O)c2ccc(C)cc2)cc1. The van der Waals surface area contributed by atoms with Crippen LogP contribution in [0.4, 0.5) is 0 Å². The standard InChI is InChI=1S/C31H33N3O5/c1-22-8-10-25(11-9-22)30(37)34-27(28(35)32-20-23-6-4-3-5-7-23)21-39-31(34)16-18-33(19-17-31)29(36)24-12-14-26(38-2)15-13-24/h3-15,27H,16-21H2,1-2H3,(H,32,35). The van der Waals surface area contributed by atoms with Crippen LogP contribution in [0.5, 0.6) is 5.75 Å². The van der Waals surface area contributed by atoms with Gasteiger partial charge in [-0.05, 0) is 48.9 Å². The predicted octanol–water partition coefficient (Wildman–Crippen LogP) is 3.79. The molecule has 39 heavy (non-hydrogen) atoms. The van der Waals surface area contributed by atoms with Crippen molar-refractivity contribution in [1.82, 2.24) is 15.1 Å². The molecule has 2 aliphatic rings. The number of nitrogens with one attached hydrogen (secondary N) is 1. The Morgan fingerprint density at radius 3 is 2.15 bits per heavy atom. The van der Waals surface area contributed by atoms with E-state index in [1.807, 2.05) is 49.4 Å². The third kappa shape index (κ3) is 5.52. The fourth-order valence-electron chi connectivity index (χ4n) is 5.28. The zero-order valence-electron chi connectivity index (χ0n) is 22.3. The maximum absolute atomic E-state index is 13.9. The molecule has 3 aromatic carbocycles. The number of carbonyl (C=O) groups is 3. The van der Waals surface area contributed by atoms with Crippen LogP contribution in [0.3, 0.4) is 0 Å². The van der Waals surface area contributed by atoms with E-state index >= 15 is 0 Å². The summed E-state index contributed by atoms with van der Waals surface area (Å²) in [5.41, 5.74) is 2.13. The Hall–Kier alpha value is -4.17. The lowest BCUT2D eigenvalue weighted by molar-refractivity contribution is -0.128. The van der Waals surface area contributed by atoms with Crippen LogP contribution >= 0.6 is 0 Å². The van der Waals surface area contributed by atoms with Crippen molar-refractivity contribution in [2.24, 2.45) is 0 Å². The quantitative estimate of drug-likeness (QED) is 0.527. The topological polar surface area (TPSA) is 88.2 Å². The van der Waals surface area contributed by atoms with Gasteiger partial charge in [0.25, 0.3) is 11.8 Å². The number of aryl methyl sites for hydroxylation is 1. The van der Waals surface area contributed by atoms with E-state index in [0.717, 1.165) is 11.1 Å². The summed E-state index contributed by atoms with van der Waals surface area (Å²) in [4.78, 5) is 43.8. The summed E-state index contributed by atoms with van der Waals surface area (Å²) in [6.45, 7) is 3.23. The molecule has 3 aromatic rings. The highest BCUT2D eigenvalue weighted by Gasteiger charge is 2.54. The van der Waals surface area contributed by atoms with Crippen LogP contribution in [0.1, 0.15) is 44.7 Å². The van der Waals surface area contributed by atoms with Gasteiger partial charge in [0.2, 0.25) is 5.91 Å². The van der Waals surface area contributed by atoms with Crippen molar-refractivity contribution in [3.8, 4) is 5.75 Å². The summed E-state index contributed by atoms with van der Waals surface area (Å²) >= 11 is 0. The number of carbonyl (C=O) groups excluding carboxylic acids is 3. The Labute approximate surface area is 228 Å². The first-order chi connectivity index (χ1) is 18.9. The molecular formula is C31H33N3O5. The third-order valence-corrected chi connectivity index (χ3v) is 7.56. The smallest absolute Gasteiger partial charge is 0.256 e. The number of ether oxygens (including phenoxy) is 2. The minimum absolute atomic E-state index is 0.0842. The molecule has 0 bridgehead atoms. The maximum atomic E-state index is 13.9. The second-order valence-electron chi connectivity index (χ2n) is 10.0. The molecule has 2 saturated heterocycles. The van der Waals surface area contributed by atoms with E-state index in [4.69, 9.17) is 9.47 Å². The van der Waals surface area contributed by atoms with Gasteiger partial charge in [-0.2, -0.15) is 0 Å². The van der Waals surface area contributed by atoms with Gasteiger partial charge < -0.3 is 19.7 Å². The number of benzene rings is 3. The highest BCUT2D eigenvalue weighted by Crippen LogP contribution is 2.39. The monoisotopic (exact) mass is 527 g/mol. The molecular weight excluding hydrogens is 494 g/mol. The van der Waals surface area contributed by atoms with Crippen LogP contribution in [-0.4, -0.2) is 66.1 Å². The summed E-state index contributed by atoms with van der Waals surface area (Å²) in [6, 6.07) is 23.2. The normalized spacial score (nSPS) is 18.2. The number of hydrogen-bond donors (Lipinski definition) is 1. The molecule has 1 atom stereocenters. The van der Waals surface area contributed by atoms with Gasteiger partial charge in [-0.15, -0.1) is 0 Å². The summed E-state index contributed by atoms with van der Waals surface area (Å²) < 4.78 is 11.5. The summed E-state index contributed by atoms with van der Waals surface area (Å²) in [6.07, 6.45) is 0.823. The fraction of sp³-hybridized carbons (Fsp3) is 0.323. The van der Waals surface area contributed by atoms with Crippen LogP contribution in [0.25, 0.3) is 0 Å². The Bertz CT molecular complexity index is 1320. The van der Waals surface area contributed by atoms with Crippen LogP contribution in [-0.2, 0) is 16.1 Å². The first kappa shape index (κ1) is 26.4.